The van der Waals surface area contributed by atoms with Crippen molar-refractivity contribution >= 4 is 22.6 Å². The summed E-state index contributed by atoms with van der Waals surface area (Å²) in [5.74, 6) is -1.41. The fraction of sp³-hybridized carbons (Fsp3) is 0.308. The maximum absolute atomic E-state index is 12.7. The first-order chi connectivity index (χ1) is 16.5. The molecule has 0 bridgehead atoms. The minimum atomic E-state index is -4.81. The van der Waals surface area contributed by atoms with Gasteiger partial charge in [-0.25, -0.2) is 0 Å². The third-order valence-corrected chi connectivity index (χ3v) is 5.41. The van der Waals surface area contributed by atoms with Crippen molar-refractivity contribution in [2.45, 2.75) is 38.8 Å². The number of carbonyl (C=O) groups is 2. The maximum Gasteiger partial charge on any atom is 0.573 e. The van der Waals surface area contributed by atoms with Crippen LogP contribution in [0.15, 0.2) is 66.7 Å². The van der Waals surface area contributed by atoms with Gasteiger partial charge in [0.25, 0.3) is 0 Å². The highest BCUT2D eigenvalue weighted by atomic mass is 19.4. The van der Waals surface area contributed by atoms with Crippen LogP contribution < -0.4 is 15.4 Å². The van der Waals surface area contributed by atoms with Gasteiger partial charge in [-0.2, -0.15) is 0 Å². The minimum absolute atomic E-state index is 0.107. The van der Waals surface area contributed by atoms with E-state index in [9.17, 15) is 27.9 Å². The molecule has 0 saturated carbocycles. The Labute approximate surface area is 201 Å². The van der Waals surface area contributed by atoms with Crippen molar-refractivity contribution in [1.82, 2.24) is 10.6 Å². The van der Waals surface area contributed by atoms with Crippen LogP contribution >= 0.6 is 0 Å². The minimum Gasteiger partial charge on any atom is -0.406 e. The number of alkyl halides is 3. The molecule has 2 unspecified atom stereocenters. The third kappa shape index (κ3) is 7.71. The summed E-state index contributed by atoms with van der Waals surface area (Å²) < 4.78 is 40.6. The Hall–Kier alpha value is -3.59. The van der Waals surface area contributed by atoms with Gasteiger partial charge in [0.2, 0.25) is 11.8 Å². The van der Waals surface area contributed by atoms with E-state index in [4.69, 9.17) is 0 Å². The first-order valence-electron chi connectivity index (χ1n) is 11.1. The summed E-state index contributed by atoms with van der Waals surface area (Å²) in [4.78, 5) is 25.3. The second-order valence-electron chi connectivity index (χ2n) is 8.53. The predicted octanol–water partition coefficient (Wildman–Crippen LogP) is 4.27. The van der Waals surface area contributed by atoms with Gasteiger partial charge in [0.15, 0.2) is 0 Å². The molecule has 9 heteroatoms. The Morgan fingerprint density at radius 2 is 1.63 bits per heavy atom. The molecule has 6 nitrogen and oxygen atoms in total. The summed E-state index contributed by atoms with van der Waals surface area (Å²) in [6.45, 7) is 3.40. The Bertz CT molecular complexity index is 1160. The zero-order valence-corrected chi connectivity index (χ0v) is 19.3. The van der Waals surface area contributed by atoms with E-state index in [0.717, 1.165) is 28.5 Å². The van der Waals surface area contributed by atoms with Crippen molar-refractivity contribution in [3.8, 4) is 5.75 Å². The van der Waals surface area contributed by atoms with Gasteiger partial charge in [0, 0.05) is 6.54 Å². The number of aliphatic hydroxyl groups is 1. The fourth-order valence-corrected chi connectivity index (χ4v) is 3.61. The summed E-state index contributed by atoms with van der Waals surface area (Å²) in [5, 5.41) is 17.7. The highest BCUT2D eigenvalue weighted by Gasteiger charge is 2.31. The van der Waals surface area contributed by atoms with E-state index in [0.29, 0.717) is 5.56 Å². The normalized spacial score (nSPS) is 13.3. The van der Waals surface area contributed by atoms with E-state index in [2.05, 4.69) is 15.4 Å². The zero-order chi connectivity index (χ0) is 25.6. The van der Waals surface area contributed by atoms with Crippen LogP contribution in [0.25, 0.3) is 10.8 Å². The maximum atomic E-state index is 12.7. The topological polar surface area (TPSA) is 87.7 Å². The lowest BCUT2D eigenvalue weighted by molar-refractivity contribution is -0.274. The standard InChI is InChI=1S/C26H27F3N2O4/c1-16(2)24(31-23(33)14-17-7-8-18-5-3-4-6-20(18)13-17)25(34)30-15-22(32)19-9-11-21(12-10-19)35-26(27,28)29/h3-13,16,22,24,32H,14-15H2,1-2H3,(H,30,34)(H,31,33). The number of fused-ring (bicyclic) bond motifs is 1. The van der Waals surface area contributed by atoms with Gasteiger partial charge in [-0.15, -0.1) is 13.2 Å². The van der Waals surface area contributed by atoms with Crippen molar-refractivity contribution in [2.24, 2.45) is 5.92 Å². The number of halogens is 3. The number of hydrogen-bond donors (Lipinski definition) is 3. The summed E-state index contributed by atoms with van der Waals surface area (Å²) in [6.07, 6.45) is -5.85. The molecule has 0 aliphatic carbocycles. The van der Waals surface area contributed by atoms with Gasteiger partial charge >= 0.3 is 6.36 Å². The molecule has 3 N–H and O–H groups in total. The van der Waals surface area contributed by atoms with Crippen LogP contribution in [0.2, 0.25) is 0 Å². The predicted molar refractivity (Wildman–Crippen MR) is 126 cm³/mol. The zero-order valence-electron chi connectivity index (χ0n) is 19.3. The molecule has 0 radical (unpaired) electrons. The Morgan fingerprint density at radius 3 is 2.26 bits per heavy atom. The smallest absolute Gasteiger partial charge is 0.406 e. The van der Waals surface area contributed by atoms with E-state index in [1.165, 1.54) is 12.1 Å². The summed E-state index contributed by atoms with van der Waals surface area (Å²) in [7, 11) is 0. The van der Waals surface area contributed by atoms with Gasteiger partial charge in [-0.3, -0.25) is 9.59 Å². The van der Waals surface area contributed by atoms with E-state index < -0.39 is 30.2 Å². The monoisotopic (exact) mass is 488 g/mol. The fourth-order valence-electron chi connectivity index (χ4n) is 3.61. The third-order valence-electron chi connectivity index (χ3n) is 5.41. The molecule has 2 atom stereocenters. The van der Waals surface area contributed by atoms with Gasteiger partial charge in [0.05, 0.1) is 12.5 Å². The number of rotatable bonds is 9. The Balaban J connectivity index is 1.55. The lowest BCUT2D eigenvalue weighted by Crippen LogP contribution is -2.50. The first kappa shape index (κ1) is 26.0. The van der Waals surface area contributed by atoms with Crippen molar-refractivity contribution in [2.75, 3.05) is 6.54 Å². The molecule has 0 saturated heterocycles. The molecule has 0 spiro atoms. The molecule has 0 fully saturated rings. The SMILES string of the molecule is CC(C)C(NC(=O)Cc1ccc2ccccc2c1)C(=O)NCC(O)c1ccc(OC(F)(F)F)cc1. The number of aliphatic hydroxyl groups excluding tert-OH is 1. The van der Waals surface area contributed by atoms with Crippen molar-refractivity contribution in [3.05, 3.63) is 77.9 Å². The number of hydrogen-bond acceptors (Lipinski definition) is 4. The average Bonchev–Trinajstić information content (AvgIpc) is 2.80. The van der Waals surface area contributed by atoms with Gasteiger partial charge < -0.3 is 20.5 Å². The molecule has 0 heterocycles. The van der Waals surface area contributed by atoms with Crippen molar-refractivity contribution in [3.63, 3.8) is 0 Å². The van der Waals surface area contributed by atoms with Crippen LogP contribution in [0, 0.1) is 5.92 Å². The highest BCUT2D eigenvalue weighted by Crippen LogP contribution is 2.24. The highest BCUT2D eigenvalue weighted by molar-refractivity contribution is 5.89. The van der Waals surface area contributed by atoms with E-state index >= 15 is 0 Å². The van der Waals surface area contributed by atoms with Gasteiger partial charge in [-0.1, -0.05) is 68.4 Å². The second-order valence-corrected chi connectivity index (χ2v) is 8.53. The van der Waals surface area contributed by atoms with E-state index in [1.54, 1.807) is 13.8 Å². The average molecular weight is 489 g/mol. The van der Waals surface area contributed by atoms with Crippen LogP contribution in [0.4, 0.5) is 13.2 Å². The van der Waals surface area contributed by atoms with Gasteiger partial charge in [-0.05, 0) is 39.9 Å². The van der Waals surface area contributed by atoms with Crippen molar-refractivity contribution < 1.29 is 32.6 Å². The van der Waals surface area contributed by atoms with Crippen molar-refractivity contribution in [1.29, 1.82) is 0 Å². The number of nitrogens with one attached hydrogen (secondary N) is 2. The Morgan fingerprint density at radius 1 is 0.971 bits per heavy atom. The number of benzene rings is 3. The molecular formula is C26H27F3N2O4. The van der Waals surface area contributed by atoms with Crippen LogP contribution in [0.1, 0.15) is 31.1 Å². The number of ether oxygens (including phenoxy) is 1. The summed E-state index contributed by atoms with van der Waals surface area (Å²) in [6, 6.07) is 17.4. The van der Waals surface area contributed by atoms with Crippen LogP contribution in [0.5, 0.6) is 5.75 Å². The lowest BCUT2D eigenvalue weighted by atomic mass is 10.0. The molecule has 0 aliphatic heterocycles. The Kier molecular flexibility index (Phi) is 8.34. The first-order valence-corrected chi connectivity index (χ1v) is 11.1. The number of carbonyl (C=O) groups excluding carboxylic acids is 2. The van der Waals surface area contributed by atoms with E-state index in [-0.39, 0.29) is 24.8 Å². The quantitative estimate of drug-likeness (QED) is 0.420. The molecule has 3 rings (SSSR count). The molecule has 3 aromatic rings. The second kappa shape index (κ2) is 11.2. The summed E-state index contributed by atoms with van der Waals surface area (Å²) in [5.41, 5.74) is 1.12. The molecule has 0 aromatic heterocycles. The molecule has 3 aromatic carbocycles. The largest absolute Gasteiger partial charge is 0.573 e. The molecular weight excluding hydrogens is 461 g/mol. The molecule has 186 valence electrons. The summed E-state index contributed by atoms with van der Waals surface area (Å²) >= 11 is 0. The van der Waals surface area contributed by atoms with E-state index in [1.807, 2.05) is 42.5 Å². The molecule has 2 amide bonds. The molecule has 0 aliphatic rings. The number of amides is 2. The molecule has 35 heavy (non-hydrogen) atoms. The lowest BCUT2D eigenvalue weighted by Gasteiger charge is -2.23. The van der Waals surface area contributed by atoms with Crippen LogP contribution in [-0.2, 0) is 16.0 Å². The van der Waals surface area contributed by atoms with Crippen LogP contribution in [0.3, 0.4) is 0 Å². The van der Waals surface area contributed by atoms with Crippen LogP contribution in [-0.4, -0.2) is 35.9 Å². The van der Waals surface area contributed by atoms with Gasteiger partial charge in [0.1, 0.15) is 11.8 Å².